The topological polar surface area (TPSA) is 32.5 Å². The normalized spacial score (nSPS) is 28.9. The molecule has 0 spiro atoms. The molecule has 0 aromatic carbocycles. The van der Waals surface area contributed by atoms with Gasteiger partial charge in [-0.25, -0.2) is 0 Å². The Balaban J connectivity index is 1.75. The number of hydrogen-bond acceptors (Lipinski definition) is 3. The van der Waals surface area contributed by atoms with E-state index in [0.29, 0.717) is 0 Å². The van der Waals surface area contributed by atoms with Crippen molar-refractivity contribution >= 4 is 0 Å². The molecule has 2 fully saturated rings. The predicted octanol–water partition coefficient (Wildman–Crippen LogP) is 0.361. The Morgan fingerprint density at radius 1 is 1.36 bits per heavy atom. The molecule has 0 bridgehead atoms. The summed E-state index contributed by atoms with van der Waals surface area (Å²) in [6, 6.07) is 0.879. The van der Waals surface area contributed by atoms with Crippen LogP contribution in [0.4, 0.5) is 0 Å². The van der Waals surface area contributed by atoms with E-state index in [1.807, 2.05) is 0 Å². The molecule has 1 saturated heterocycles. The van der Waals surface area contributed by atoms with Gasteiger partial charge in [0, 0.05) is 32.2 Å². The van der Waals surface area contributed by atoms with Crippen LogP contribution in [0.5, 0.6) is 0 Å². The molecule has 1 aliphatic carbocycles. The largest absolute Gasteiger partial charge is 0.329 e. The van der Waals surface area contributed by atoms with Gasteiger partial charge in [0.15, 0.2) is 0 Å². The van der Waals surface area contributed by atoms with Crippen molar-refractivity contribution in [3.63, 3.8) is 0 Å². The lowest BCUT2D eigenvalue weighted by Gasteiger charge is -2.24. The predicted molar refractivity (Wildman–Crippen MR) is 59.3 cm³/mol. The molecule has 3 heteroatoms. The smallest absolute Gasteiger partial charge is 0.0108 e. The van der Waals surface area contributed by atoms with Gasteiger partial charge in [-0.15, -0.1) is 0 Å². The fourth-order valence-electron chi connectivity index (χ4n) is 2.54. The van der Waals surface area contributed by atoms with Gasteiger partial charge in [-0.05, 0) is 38.8 Å². The van der Waals surface area contributed by atoms with Gasteiger partial charge in [-0.3, -0.25) is 4.90 Å². The molecular formula is C11H23N3. The zero-order valence-electron chi connectivity index (χ0n) is 9.28. The van der Waals surface area contributed by atoms with Crippen molar-refractivity contribution in [3.8, 4) is 0 Å². The van der Waals surface area contributed by atoms with Crippen LogP contribution in [0.25, 0.3) is 0 Å². The van der Waals surface area contributed by atoms with Gasteiger partial charge < -0.3 is 10.6 Å². The fraction of sp³-hybridized carbons (Fsp3) is 1.00. The van der Waals surface area contributed by atoms with E-state index in [2.05, 4.69) is 16.8 Å². The molecule has 0 aromatic rings. The van der Waals surface area contributed by atoms with Crippen LogP contribution in [0.15, 0.2) is 0 Å². The van der Waals surface area contributed by atoms with Crippen LogP contribution in [0.1, 0.15) is 19.3 Å². The number of rotatable bonds is 5. The summed E-state index contributed by atoms with van der Waals surface area (Å²) >= 11 is 0. The molecule has 82 valence electrons. The Bertz CT molecular complexity index is 179. The van der Waals surface area contributed by atoms with Crippen LogP contribution in [0.3, 0.4) is 0 Å². The van der Waals surface area contributed by atoms with E-state index >= 15 is 0 Å². The molecule has 2 N–H and O–H groups in total. The van der Waals surface area contributed by atoms with Crippen LogP contribution >= 0.6 is 0 Å². The number of nitrogens with two attached hydrogens (primary N) is 1. The van der Waals surface area contributed by atoms with Gasteiger partial charge in [0.1, 0.15) is 0 Å². The van der Waals surface area contributed by atoms with Crippen LogP contribution in [0.2, 0.25) is 0 Å². The second-order valence-corrected chi connectivity index (χ2v) is 4.93. The highest BCUT2D eigenvalue weighted by molar-refractivity contribution is 4.87. The average molecular weight is 197 g/mol. The van der Waals surface area contributed by atoms with E-state index < -0.39 is 0 Å². The summed E-state index contributed by atoms with van der Waals surface area (Å²) in [4.78, 5) is 5.06. The van der Waals surface area contributed by atoms with Crippen molar-refractivity contribution in [2.24, 2.45) is 11.7 Å². The van der Waals surface area contributed by atoms with Gasteiger partial charge in [0.25, 0.3) is 0 Å². The summed E-state index contributed by atoms with van der Waals surface area (Å²) < 4.78 is 0. The van der Waals surface area contributed by atoms with Crippen molar-refractivity contribution in [1.82, 2.24) is 9.80 Å². The first-order chi connectivity index (χ1) is 6.79. The molecule has 0 radical (unpaired) electrons. The summed E-state index contributed by atoms with van der Waals surface area (Å²) in [5.74, 6) is 0.896. The third-order valence-corrected chi connectivity index (χ3v) is 3.46. The molecule has 1 unspecified atom stereocenters. The Labute approximate surface area is 87.2 Å². The summed E-state index contributed by atoms with van der Waals surface area (Å²) in [5, 5.41) is 0. The molecule has 1 heterocycles. The van der Waals surface area contributed by atoms with Gasteiger partial charge in [0.2, 0.25) is 0 Å². The summed E-state index contributed by atoms with van der Waals surface area (Å²) in [6.07, 6.45) is 4.19. The molecule has 14 heavy (non-hydrogen) atoms. The summed E-state index contributed by atoms with van der Waals surface area (Å²) in [7, 11) is 2.23. The van der Waals surface area contributed by atoms with Crippen molar-refractivity contribution in [1.29, 1.82) is 0 Å². The third-order valence-electron chi connectivity index (χ3n) is 3.46. The molecule has 3 nitrogen and oxygen atoms in total. The van der Waals surface area contributed by atoms with Crippen LogP contribution in [-0.4, -0.2) is 55.6 Å². The van der Waals surface area contributed by atoms with E-state index in [0.717, 1.165) is 25.0 Å². The number of likely N-dealkylation sites (tertiary alicyclic amines) is 1. The molecule has 2 rings (SSSR count). The van der Waals surface area contributed by atoms with Crippen LogP contribution in [-0.2, 0) is 0 Å². The highest BCUT2D eigenvalue weighted by atomic mass is 15.2. The third kappa shape index (κ3) is 2.69. The highest BCUT2D eigenvalue weighted by Gasteiger charge is 2.31. The number of nitrogens with zero attached hydrogens (tertiary/aromatic N) is 2. The van der Waals surface area contributed by atoms with Crippen molar-refractivity contribution in [2.45, 2.75) is 25.3 Å². The minimum atomic E-state index is 0.819. The minimum absolute atomic E-state index is 0.819. The lowest BCUT2D eigenvalue weighted by Crippen LogP contribution is -2.36. The van der Waals surface area contributed by atoms with E-state index in [-0.39, 0.29) is 0 Å². The Morgan fingerprint density at radius 2 is 2.14 bits per heavy atom. The van der Waals surface area contributed by atoms with Crippen LogP contribution < -0.4 is 5.73 Å². The molecule has 2 aliphatic rings. The Kier molecular flexibility index (Phi) is 3.42. The van der Waals surface area contributed by atoms with E-state index in [1.165, 1.54) is 38.9 Å². The van der Waals surface area contributed by atoms with Gasteiger partial charge in [0.05, 0.1) is 0 Å². The maximum atomic E-state index is 5.64. The molecule has 1 atom stereocenters. The lowest BCUT2D eigenvalue weighted by molar-refractivity contribution is 0.226. The van der Waals surface area contributed by atoms with Crippen LogP contribution in [0, 0.1) is 5.92 Å². The second kappa shape index (κ2) is 4.60. The molecule has 1 aliphatic heterocycles. The summed E-state index contributed by atoms with van der Waals surface area (Å²) in [6.45, 7) is 5.77. The van der Waals surface area contributed by atoms with E-state index in [4.69, 9.17) is 5.73 Å². The summed E-state index contributed by atoms with van der Waals surface area (Å²) in [5.41, 5.74) is 5.64. The minimum Gasteiger partial charge on any atom is -0.329 e. The van der Waals surface area contributed by atoms with E-state index in [9.17, 15) is 0 Å². The molecule has 1 saturated carbocycles. The maximum absolute atomic E-state index is 5.64. The van der Waals surface area contributed by atoms with Gasteiger partial charge in [-0.2, -0.15) is 0 Å². The van der Waals surface area contributed by atoms with Crippen molar-refractivity contribution < 1.29 is 0 Å². The monoisotopic (exact) mass is 197 g/mol. The fourth-order valence-corrected chi connectivity index (χ4v) is 2.54. The highest BCUT2D eigenvalue weighted by Crippen LogP contribution is 2.28. The van der Waals surface area contributed by atoms with Gasteiger partial charge >= 0.3 is 0 Å². The maximum Gasteiger partial charge on any atom is 0.0108 e. The molecule has 0 amide bonds. The lowest BCUT2D eigenvalue weighted by atomic mass is 10.1. The zero-order valence-corrected chi connectivity index (χ0v) is 9.28. The van der Waals surface area contributed by atoms with E-state index in [1.54, 1.807) is 0 Å². The first-order valence-corrected chi connectivity index (χ1v) is 5.92. The zero-order chi connectivity index (χ0) is 9.97. The quantitative estimate of drug-likeness (QED) is 0.691. The molecule has 0 aromatic heterocycles. The first-order valence-electron chi connectivity index (χ1n) is 5.92. The number of hydrogen-bond donors (Lipinski definition) is 1. The first kappa shape index (κ1) is 10.4. The Hall–Kier alpha value is -0.120. The standard InChI is InChI=1S/C11H23N3/c1-13-6-4-10(8-13)9-14(7-5-12)11-2-3-11/h10-11H,2-9,12H2,1H3. The van der Waals surface area contributed by atoms with Crippen molar-refractivity contribution in [2.75, 3.05) is 39.8 Å². The van der Waals surface area contributed by atoms with Gasteiger partial charge in [-0.1, -0.05) is 0 Å². The SMILES string of the molecule is CN1CCC(CN(CCN)C2CC2)C1. The average Bonchev–Trinajstić information content (AvgIpc) is 2.91. The second-order valence-electron chi connectivity index (χ2n) is 4.93. The Morgan fingerprint density at radius 3 is 2.64 bits per heavy atom. The molecular weight excluding hydrogens is 174 g/mol. The van der Waals surface area contributed by atoms with Crippen molar-refractivity contribution in [3.05, 3.63) is 0 Å².